The second-order valence-corrected chi connectivity index (χ2v) is 7.02. The molecule has 4 nitrogen and oxygen atoms in total. The maximum atomic E-state index is 13.0. The van der Waals surface area contributed by atoms with Gasteiger partial charge in [0.1, 0.15) is 0 Å². The minimum absolute atomic E-state index is 0.0309. The van der Waals surface area contributed by atoms with Crippen LogP contribution in [0.25, 0.3) is 0 Å². The van der Waals surface area contributed by atoms with E-state index in [9.17, 15) is 4.79 Å². The van der Waals surface area contributed by atoms with Crippen molar-refractivity contribution in [3.8, 4) is 0 Å². The molecular weight excluding hydrogens is 298 g/mol. The zero-order valence-electron chi connectivity index (χ0n) is 15.1. The van der Waals surface area contributed by atoms with Crippen molar-refractivity contribution in [2.45, 2.75) is 6.42 Å². The van der Waals surface area contributed by atoms with Crippen LogP contribution in [-0.2, 0) is 0 Å². The topological polar surface area (TPSA) is 23.6 Å². The molecule has 4 heteroatoms. The number of nitrogens with zero attached hydrogens (tertiary/aromatic N) is 3. The van der Waals surface area contributed by atoms with Crippen LogP contribution in [0.4, 0.5) is 5.69 Å². The number of para-hydroxylation sites is 1. The third-order valence-electron chi connectivity index (χ3n) is 3.95. The van der Waals surface area contributed by atoms with Crippen molar-refractivity contribution in [1.82, 2.24) is 5.01 Å². The van der Waals surface area contributed by atoms with E-state index >= 15 is 0 Å². The van der Waals surface area contributed by atoms with Gasteiger partial charge in [0.15, 0.2) is 0 Å². The second kappa shape index (κ2) is 7.97. The van der Waals surface area contributed by atoms with Gasteiger partial charge in [0, 0.05) is 25.6 Å². The molecule has 2 aromatic rings. The first-order valence-electron chi connectivity index (χ1n) is 8.34. The number of carbonyl (C=O) groups excluding carboxylic acids is 1. The fraction of sp³-hybridized carbons (Fsp3) is 0.350. The van der Waals surface area contributed by atoms with Crippen LogP contribution in [-0.4, -0.2) is 56.7 Å². The average Bonchev–Trinajstić information content (AvgIpc) is 2.58. The molecule has 0 radical (unpaired) electrons. The highest BCUT2D eigenvalue weighted by Gasteiger charge is 2.21. The molecule has 128 valence electrons. The van der Waals surface area contributed by atoms with Gasteiger partial charge in [-0.25, -0.2) is 5.01 Å². The molecular formula is C20H28N3O+. The molecule has 0 N–H and O–H groups in total. The van der Waals surface area contributed by atoms with E-state index in [-0.39, 0.29) is 5.91 Å². The van der Waals surface area contributed by atoms with Crippen molar-refractivity contribution < 1.29 is 9.28 Å². The minimum Gasteiger partial charge on any atom is -0.331 e. The molecule has 0 atom stereocenters. The number of carbonyl (C=O) groups is 1. The first-order valence-corrected chi connectivity index (χ1v) is 8.34. The van der Waals surface area contributed by atoms with Crippen LogP contribution in [0, 0.1) is 0 Å². The Morgan fingerprint density at radius 1 is 0.917 bits per heavy atom. The van der Waals surface area contributed by atoms with Gasteiger partial charge >= 0.3 is 0 Å². The Labute approximate surface area is 145 Å². The van der Waals surface area contributed by atoms with Gasteiger partial charge in [-0.3, -0.25) is 9.80 Å². The Morgan fingerprint density at radius 2 is 1.46 bits per heavy atom. The van der Waals surface area contributed by atoms with Crippen LogP contribution in [0.1, 0.15) is 16.8 Å². The first kappa shape index (κ1) is 18.0. The summed E-state index contributed by atoms with van der Waals surface area (Å²) in [5.74, 6) is 0.0309. The number of rotatable bonds is 7. The highest BCUT2D eigenvalue weighted by atomic mass is 16.2. The van der Waals surface area contributed by atoms with Gasteiger partial charge in [0.2, 0.25) is 0 Å². The Kier molecular flexibility index (Phi) is 5.99. The lowest BCUT2D eigenvalue weighted by molar-refractivity contribution is -0.870. The molecule has 2 rings (SSSR count). The lowest BCUT2D eigenvalue weighted by Gasteiger charge is -2.34. The standard InChI is InChI=1S/C20H28N3O/c1-21(19-14-9-6-10-15-19)22(16-11-17-23(2,3)4)20(24)18-12-7-5-8-13-18/h5-10,12-15H,11,16-17H2,1-4H3/q+1. The summed E-state index contributed by atoms with van der Waals surface area (Å²) in [6, 6.07) is 19.5. The van der Waals surface area contributed by atoms with Gasteiger partial charge in [0.05, 0.1) is 33.4 Å². The van der Waals surface area contributed by atoms with E-state index in [0.29, 0.717) is 12.1 Å². The largest absolute Gasteiger partial charge is 0.331 e. The fourth-order valence-electron chi connectivity index (χ4n) is 2.60. The molecule has 0 spiro atoms. The van der Waals surface area contributed by atoms with Crippen molar-refractivity contribution >= 4 is 11.6 Å². The van der Waals surface area contributed by atoms with Gasteiger partial charge in [-0.05, 0) is 24.3 Å². The van der Waals surface area contributed by atoms with E-state index in [4.69, 9.17) is 0 Å². The molecule has 2 aromatic carbocycles. The zero-order chi connectivity index (χ0) is 17.6. The van der Waals surface area contributed by atoms with Crippen LogP contribution < -0.4 is 5.01 Å². The summed E-state index contributed by atoms with van der Waals surface area (Å²) in [5, 5.41) is 3.78. The van der Waals surface area contributed by atoms with Crippen LogP contribution in [0.15, 0.2) is 60.7 Å². The van der Waals surface area contributed by atoms with Crippen LogP contribution in [0.2, 0.25) is 0 Å². The third kappa shape index (κ3) is 5.10. The second-order valence-electron chi connectivity index (χ2n) is 7.02. The van der Waals surface area contributed by atoms with E-state index in [1.54, 1.807) is 0 Å². The van der Waals surface area contributed by atoms with Gasteiger partial charge in [-0.2, -0.15) is 0 Å². The molecule has 0 aromatic heterocycles. The van der Waals surface area contributed by atoms with Crippen molar-refractivity contribution in [3.63, 3.8) is 0 Å². The third-order valence-corrected chi connectivity index (χ3v) is 3.95. The maximum Gasteiger partial charge on any atom is 0.272 e. The predicted octanol–water partition coefficient (Wildman–Crippen LogP) is 3.28. The number of quaternary nitrogens is 1. The van der Waals surface area contributed by atoms with Gasteiger partial charge in [-0.15, -0.1) is 0 Å². The van der Waals surface area contributed by atoms with E-state index in [1.165, 1.54) is 0 Å². The number of amides is 1. The van der Waals surface area contributed by atoms with E-state index < -0.39 is 0 Å². The van der Waals surface area contributed by atoms with Gasteiger partial charge in [-0.1, -0.05) is 36.4 Å². The number of hydrogen-bond acceptors (Lipinski definition) is 2. The van der Waals surface area contributed by atoms with E-state index in [2.05, 4.69) is 21.1 Å². The van der Waals surface area contributed by atoms with Crippen LogP contribution in [0.3, 0.4) is 0 Å². The summed E-state index contributed by atoms with van der Waals surface area (Å²) in [7, 11) is 8.46. The average molecular weight is 326 g/mol. The monoisotopic (exact) mass is 326 g/mol. The first-order chi connectivity index (χ1) is 11.4. The normalized spacial score (nSPS) is 11.2. The molecule has 24 heavy (non-hydrogen) atoms. The highest BCUT2D eigenvalue weighted by Crippen LogP contribution is 2.17. The lowest BCUT2D eigenvalue weighted by atomic mass is 10.2. The smallest absolute Gasteiger partial charge is 0.272 e. The molecule has 0 fully saturated rings. The number of anilines is 1. The summed E-state index contributed by atoms with van der Waals surface area (Å²) in [4.78, 5) is 13.0. The maximum absolute atomic E-state index is 13.0. The summed E-state index contributed by atoms with van der Waals surface area (Å²) >= 11 is 0. The number of hydrogen-bond donors (Lipinski definition) is 0. The van der Waals surface area contributed by atoms with Crippen LogP contribution in [0.5, 0.6) is 0 Å². The molecule has 0 heterocycles. The number of hydrazine groups is 1. The Bertz CT molecular complexity index is 635. The Hall–Kier alpha value is -2.33. The molecule has 0 saturated heterocycles. The lowest BCUT2D eigenvalue weighted by Crippen LogP contribution is -2.46. The zero-order valence-corrected chi connectivity index (χ0v) is 15.1. The Morgan fingerprint density at radius 3 is 2.00 bits per heavy atom. The fourth-order valence-corrected chi connectivity index (χ4v) is 2.60. The Balaban J connectivity index is 2.19. The van der Waals surface area contributed by atoms with Crippen molar-refractivity contribution in [2.24, 2.45) is 0 Å². The number of benzene rings is 2. The van der Waals surface area contributed by atoms with Crippen molar-refractivity contribution in [3.05, 3.63) is 66.2 Å². The van der Waals surface area contributed by atoms with E-state index in [1.807, 2.05) is 77.7 Å². The summed E-state index contributed by atoms with van der Waals surface area (Å²) < 4.78 is 0.891. The molecule has 0 aliphatic heterocycles. The highest BCUT2D eigenvalue weighted by molar-refractivity contribution is 5.95. The molecule has 0 saturated carbocycles. The quantitative estimate of drug-likeness (QED) is 0.576. The molecule has 0 aliphatic rings. The van der Waals surface area contributed by atoms with Gasteiger partial charge in [0.25, 0.3) is 5.91 Å². The molecule has 0 bridgehead atoms. The molecule has 1 amide bonds. The van der Waals surface area contributed by atoms with Crippen molar-refractivity contribution in [1.29, 1.82) is 0 Å². The minimum atomic E-state index is 0.0309. The molecule has 0 aliphatic carbocycles. The van der Waals surface area contributed by atoms with Crippen molar-refractivity contribution in [2.75, 3.05) is 46.3 Å². The molecule has 0 unspecified atom stereocenters. The van der Waals surface area contributed by atoms with Crippen LogP contribution >= 0.6 is 0 Å². The SMILES string of the molecule is CN(c1ccccc1)N(CCC[N+](C)(C)C)C(=O)c1ccccc1. The van der Waals surface area contributed by atoms with Gasteiger partial charge < -0.3 is 4.48 Å². The summed E-state index contributed by atoms with van der Waals surface area (Å²) in [6.07, 6.45) is 0.944. The predicted molar refractivity (Wildman–Crippen MR) is 99.8 cm³/mol. The summed E-state index contributed by atoms with van der Waals surface area (Å²) in [6.45, 7) is 1.70. The van der Waals surface area contributed by atoms with E-state index in [0.717, 1.165) is 23.1 Å². The summed E-state index contributed by atoms with van der Waals surface area (Å²) in [5.41, 5.74) is 1.72.